The van der Waals surface area contributed by atoms with Crippen LogP contribution in [0.1, 0.15) is 77.2 Å². The van der Waals surface area contributed by atoms with Crippen LogP contribution in [-0.4, -0.2) is 18.4 Å². The summed E-state index contributed by atoms with van der Waals surface area (Å²) in [5, 5.41) is 0. The van der Waals surface area contributed by atoms with E-state index in [1.54, 1.807) is 12.1 Å². The van der Waals surface area contributed by atoms with Gasteiger partial charge in [-0.15, -0.1) is 0 Å². The molecule has 0 aromatic heterocycles. The number of unbranched alkanes of at least 4 members (excludes halogenated alkanes) is 6. The molecule has 0 saturated heterocycles. The molecule has 1 aromatic rings. The van der Waals surface area contributed by atoms with Crippen LogP contribution in [0.15, 0.2) is 24.3 Å². The van der Waals surface area contributed by atoms with Gasteiger partial charge in [0.15, 0.2) is 5.44 Å². The summed E-state index contributed by atoms with van der Waals surface area (Å²) in [5.41, 5.74) is -0.0793. The van der Waals surface area contributed by atoms with Gasteiger partial charge in [0.2, 0.25) is 0 Å². The smallest absolute Gasteiger partial charge is 0.745 e. The van der Waals surface area contributed by atoms with Crippen molar-refractivity contribution < 1.29 is 47.3 Å². The minimum absolute atomic E-state index is 0. The molecule has 0 fully saturated rings. The van der Waals surface area contributed by atoms with E-state index in [1.165, 1.54) is 50.5 Å². The van der Waals surface area contributed by atoms with E-state index in [4.69, 9.17) is 4.74 Å². The van der Waals surface area contributed by atoms with Gasteiger partial charge in [-0.2, -0.15) is 0 Å². The first-order valence-corrected chi connectivity index (χ1v) is 10.6. The molecular weight excluding hydrogens is 347 g/mol. The number of benzene rings is 1. The Morgan fingerprint density at radius 3 is 2.00 bits per heavy atom. The van der Waals surface area contributed by atoms with Crippen molar-refractivity contribution in [3.63, 3.8) is 0 Å². The summed E-state index contributed by atoms with van der Waals surface area (Å²) < 4.78 is 38.9. The summed E-state index contributed by atoms with van der Waals surface area (Å²) in [4.78, 5) is 0. The van der Waals surface area contributed by atoms with Gasteiger partial charge in [0.1, 0.15) is 15.9 Å². The van der Waals surface area contributed by atoms with Crippen LogP contribution in [0.2, 0.25) is 0 Å². The van der Waals surface area contributed by atoms with E-state index < -0.39 is 15.6 Å². The van der Waals surface area contributed by atoms with Crippen molar-refractivity contribution in [1.29, 1.82) is 0 Å². The van der Waals surface area contributed by atoms with Crippen molar-refractivity contribution >= 4 is 10.1 Å². The molecule has 4 nitrogen and oxygen atoms in total. The Bertz CT molecular complexity index is 543. The van der Waals surface area contributed by atoms with Crippen molar-refractivity contribution in [3.05, 3.63) is 29.8 Å². The summed E-state index contributed by atoms with van der Waals surface area (Å²) in [7, 11) is -4.43. The molecule has 138 valence electrons. The molecule has 25 heavy (non-hydrogen) atoms. The van der Waals surface area contributed by atoms with E-state index in [0.717, 1.165) is 6.42 Å². The van der Waals surface area contributed by atoms with Gasteiger partial charge < -0.3 is 9.29 Å². The largest absolute Gasteiger partial charge is 1.00 e. The molecule has 1 atom stereocenters. The molecule has 0 aliphatic heterocycles. The molecule has 0 N–H and O–H groups in total. The molecule has 0 aliphatic rings. The van der Waals surface area contributed by atoms with Gasteiger partial charge in [0.25, 0.3) is 0 Å². The quantitative estimate of drug-likeness (QED) is 0.299. The maximum absolute atomic E-state index is 11.2. The molecule has 0 bridgehead atoms. The Hall–Kier alpha value is -0.0700. The molecule has 0 heterocycles. The normalized spacial score (nSPS) is 12.4. The molecule has 0 spiro atoms. The molecule has 0 saturated carbocycles. The standard InChI is InChI=1S/C19H32O4S.Na/c1-3-5-6-7-8-9-10-12-17-13-15-18(16-14-17)23-19(11-4-2)24(20,21)22;/h13-16,19H,3-12H2,1-2H3,(H,20,21,22);/q;+1/p-1. The fourth-order valence-electron chi connectivity index (χ4n) is 2.67. The SMILES string of the molecule is CCCCCCCCCc1ccc(OC(CCC)S(=O)(=O)[O-])cc1.[Na+]. The van der Waals surface area contributed by atoms with Crippen LogP contribution < -0.4 is 34.3 Å². The number of rotatable bonds is 13. The summed E-state index contributed by atoms with van der Waals surface area (Å²) in [6.07, 6.45) is 10.8. The molecular formula is C19H31NaO4S. The second-order valence-corrected chi connectivity index (χ2v) is 7.86. The number of aryl methyl sites for hydroxylation is 1. The van der Waals surface area contributed by atoms with Crippen LogP contribution in [0.4, 0.5) is 0 Å². The Kier molecular flexibility index (Phi) is 14.0. The fourth-order valence-corrected chi connectivity index (χ4v) is 3.42. The van der Waals surface area contributed by atoms with Crippen molar-refractivity contribution in [3.8, 4) is 5.75 Å². The Morgan fingerprint density at radius 1 is 0.920 bits per heavy atom. The third-order valence-electron chi connectivity index (χ3n) is 4.11. The van der Waals surface area contributed by atoms with Crippen molar-refractivity contribution in [2.75, 3.05) is 0 Å². The summed E-state index contributed by atoms with van der Waals surface area (Å²) in [6.45, 7) is 4.05. The molecule has 1 aromatic carbocycles. The molecule has 0 radical (unpaired) electrons. The molecule has 1 rings (SSSR count). The van der Waals surface area contributed by atoms with Gasteiger partial charge in [-0.3, -0.25) is 0 Å². The van der Waals surface area contributed by atoms with Crippen LogP contribution in [0.25, 0.3) is 0 Å². The van der Waals surface area contributed by atoms with Crippen LogP contribution in [0.5, 0.6) is 5.75 Å². The van der Waals surface area contributed by atoms with E-state index in [0.29, 0.717) is 12.2 Å². The van der Waals surface area contributed by atoms with E-state index in [2.05, 4.69) is 6.92 Å². The minimum atomic E-state index is -4.43. The maximum Gasteiger partial charge on any atom is 1.00 e. The molecule has 0 aliphatic carbocycles. The first kappa shape index (κ1) is 24.9. The van der Waals surface area contributed by atoms with E-state index in [9.17, 15) is 13.0 Å². The van der Waals surface area contributed by atoms with Crippen LogP contribution in [0, 0.1) is 0 Å². The van der Waals surface area contributed by atoms with Crippen molar-refractivity contribution in [1.82, 2.24) is 0 Å². The summed E-state index contributed by atoms with van der Waals surface area (Å²) >= 11 is 0. The van der Waals surface area contributed by atoms with Crippen molar-refractivity contribution in [2.24, 2.45) is 0 Å². The zero-order valence-electron chi connectivity index (χ0n) is 16.0. The predicted molar refractivity (Wildman–Crippen MR) is 97.2 cm³/mol. The van der Waals surface area contributed by atoms with Crippen molar-refractivity contribution in [2.45, 2.75) is 83.5 Å². The average molecular weight is 379 g/mol. The molecule has 0 amide bonds. The Balaban J connectivity index is 0.00000576. The predicted octanol–water partition coefficient (Wildman–Crippen LogP) is 2.03. The maximum atomic E-state index is 11.2. The van der Waals surface area contributed by atoms with Crippen LogP contribution in [0.3, 0.4) is 0 Å². The van der Waals surface area contributed by atoms with Gasteiger partial charge in [-0.05, 0) is 37.0 Å². The second kappa shape index (κ2) is 14.0. The number of hydrogen-bond donors (Lipinski definition) is 0. The zero-order chi connectivity index (χ0) is 17.8. The molecule has 6 heteroatoms. The third-order valence-corrected chi connectivity index (χ3v) is 5.08. The fraction of sp³-hybridized carbons (Fsp3) is 0.684. The monoisotopic (exact) mass is 378 g/mol. The zero-order valence-corrected chi connectivity index (χ0v) is 18.8. The van der Waals surface area contributed by atoms with Gasteiger partial charge in [-0.1, -0.05) is 70.9 Å². The summed E-state index contributed by atoms with van der Waals surface area (Å²) in [5.74, 6) is 0.441. The second-order valence-electron chi connectivity index (χ2n) is 6.34. The van der Waals surface area contributed by atoms with Gasteiger partial charge in [-0.25, -0.2) is 8.42 Å². The minimum Gasteiger partial charge on any atom is -0.745 e. The number of hydrogen-bond acceptors (Lipinski definition) is 4. The summed E-state index contributed by atoms with van der Waals surface area (Å²) in [6, 6.07) is 7.41. The van der Waals surface area contributed by atoms with E-state index >= 15 is 0 Å². The van der Waals surface area contributed by atoms with Crippen LogP contribution >= 0.6 is 0 Å². The van der Waals surface area contributed by atoms with Gasteiger partial charge >= 0.3 is 29.6 Å². The van der Waals surface area contributed by atoms with Gasteiger partial charge in [0, 0.05) is 0 Å². The van der Waals surface area contributed by atoms with Crippen LogP contribution in [-0.2, 0) is 16.5 Å². The molecule has 1 unspecified atom stereocenters. The van der Waals surface area contributed by atoms with E-state index in [-0.39, 0.29) is 36.0 Å². The van der Waals surface area contributed by atoms with Gasteiger partial charge in [0.05, 0.1) is 0 Å². The topological polar surface area (TPSA) is 66.4 Å². The number of ether oxygens (including phenoxy) is 1. The Morgan fingerprint density at radius 2 is 1.48 bits per heavy atom. The first-order valence-electron chi connectivity index (χ1n) is 9.17. The third kappa shape index (κ3) is 11.3. The van der Waals surface area contributed by atoms with E-state index in [1.807, 2.05) is 19.1 Å². The first-order chi connectivity index (χ1) is 11.5. The average Bonchev–Trinajstić information content (AvgIpc) is 2.54. The Labute approximate surface area is 175 Å².